The summed E-state index contributed by atoms with van der Waals surface area (Å²) in [6.07, 6.45) is 1.39. The highest BCUT2D eigenvalue weighted by atomic mass is 32.2. The summed E-state index contributed by atoms with van der Waals surface area (Å²) in [6.45, 7) is 0.120. The van der Waals surface area contributed by atoms with Gasteiger partial charge in [-0.3, -0.25) is 4.79 Å². The second kappa shape index (κ2) is 5.57. The highest BCUT2D eigenvalue weighted by Gasteiger charge is 2.14. The van der Waals surface area contributed by atoms with Gasteiger partial charge in [0.1, 0.15) is 9.96 Å². The number of carbonyl (C=O) groups is 1. The van der Waals surface area contributed by atoms with Crippen molar-refractivity contribution < 1.29 is 18.3 Å². The fraction of sp³-hybridized carbons (Fsp3) is 0.0909. The number of hydrogen-bond donors (Lipinski definition) is 3. The van der Waals surface area contributed by atoms with Crippen molar-refractivity contribution in [2.75, 3.05) is 0 Å². The van der Waals surface area contributed by atoms with E-state index in [0.29, 0.717) is 4.88 Å². The maximum atomic E-state index is 11.8. The molecule has 0 unspecified atom stereocenters. The molecule has 1 amide bonds. The first-order valence-electron chi connectivity index (χ1n) is 5.41. The minimum absolute atomic E-state index is 0.0300. The lowest BCUT2D eigenvalue weighted by Crippen LogP contribution is -2.23. The fourth-order valence-electron chi connectivity index (χ4n) is 1.43. The third-order valence-electron chi connectivity index (χ3n) is 2.34. The smallest absolute Gasteiger partial charge is 0.274 e. The van der Waals surface area contributed by atoms with Crippen LogP contribution in [0.5, 0.6) is 5.75 Å². The number of amides is 1. The molecule has 7 nitrogen and oxygen atoms in total. The lowest BCUT2D eigenvalue weighted by molar-refractivity contribution is 0.0943. The van der Waals surface area contributed by atoms with Gasteiger partial charge in [0.05, 0.1) is 6.54 Å². The minimum atomic E-state index is -3.73. The lowest BCUT2D eigenvalue weighted by atomic mass is 10.3. The Morgan fingerprint density at radius 3 is 2.75 bits per heavy atom. The van der Waals surface area contributed by atoms with Gasteiger partial charge in [-0.15, -0.1) is 11.3 Å². The van der Waals surface area contributed by atoms with Gasteiger partial charge >= 0.3 is 0 Å². The molecule has 9 heteroatoms. The van der Waals surface area contributed by atoms with Crippen LogP contribution in [0, 0.1) is 0 Å². The zero-order chi connectivity index (χ0) is 14.8. The number of nitrogens with zero attached hydrogens (tertiary/aromatic N) is 1. The van der Waals surface area contributed by atoms with Crippen molar-refractivity contribution in [2.24, 2.45) is 5.14 Å². The average molecular weight is 313 g/mol. The summed E-state index contributed by atoms with van der Waals surface area (Å²) in [6, 6.07) is 5.79. The van der Waals surface area contributed by atoms with Gasteiger partial charge in [-0.25, -0.2) is 18.5 Å². The van der Waals surface area contributed by atoms with Crippen LogP contribution in [0.2, 0.25) is 0 Å². The number of primary sulfonamides is 1. The van der Waals surface area contributed by atoms with E-state index >= 15 is 0 Å². The van der Waals surface area contributed by atoms with Crippen molar-refractivity contribution in [3.8, 4) is 5.75 Å². The summed E-state index contributed by atoms with van der Waals surface area (Å²) in [5, 5.41) is 17.0. The number of thiophene rings is 1. The molecule has 0 bridgehead atoms. The molecule has 0 fully saturated rings. The molecule has 2 rings (SSSR count). The van der Waals surface area contributed by atoms with Crippen molar-refractivity contribution in [1.29, 1.82) is 0 Å². The zero-order valence-corrected chi connectivity index (χ0v) is 11.7. The molecule has 0 spiro atoms. The molecular formula is C11H11N3O4S2. The molecule has 2 heterocycles. The molecular weight excluding hydrogens is 302 g/mol. The fourth-order valence-corrected chi connectivity index (χ4v) is 3.15. The number of nitrogens with one attached hydrogen (secondary N) is 1. The third kappa shape index (κ3) is 3.32. The summed E-state index contributed by atoms with van der Waals surface area (Å²) in [7, 11) is -3.73. The van der Waals surface area contributed by atoms with Crippen molar-refractivity contribution in [2.45, 2.75) is 10.8 Å². The Bertz CT molecular complexity index is 740. The molecule has 0 saturated heterocycles. The van der Waals surface area contributed by atoms with Gasteiger partial charge < -0.3 is 10.4 Å². The summed E-state index contributed by atoms with van der Waals surface area (Å²) in [5.41, 5.74) is -0.0873. The van der Waals surface area contributed by atoms with E-state index in [1.807, 2.05) is 0 Å². The van der Waals surface area contributed by atoms with E-state index in [4.69, 9.17) is 5.14 Å². The van der Waals surface area contributed by atoms with Gasteiger partial charge in [0.2, 0.25) is 10.0 Å². The number of carbonyl (C=O) groups excluding carboxylic acids is 1. The molecule has 0 aliphatic heterocycles. The minimum Gasteiger partial charge on any atom is -0.505 e. The van der Waals surface area contributed by atoms with Crippen LogP contribution in [0.3, 0.4) is 0 Å². The summed E-state index contributed by atoms with van der Waals surface area (Å²) in [5.74, 6) is -0.768. The second-order valence-electron chi connectivity index (χ2n) is 3.82. The maximum Gasteiger partial charge on any atom is 0.274 e. The summed E-state index contributed by atoms with van der Waals surface area (Å²) >= 11 is 0.971. The van der Waals surface area contributed by atoms with E-state index in [1.54, 1.807) is 6.07 Å². The molecule has 0 aliphatic rings. The molecule has 106 valence electrons. The Hall–Kier alpha value is -1.97. The Kier molecular flexibility index (Phi) is 4.02. The SMILES string of the molecule is NS(=O)(=O)c1ccc(CNC(=O)c2ncccc2O)s1. The third-order valence-corrected chi connectivity index (χ3v) is 4.87. The second-order valence-corrected chi connectivity index (χ2v) is 6.78. The van der Waals surface area contributed by atoms with Crippen LogP contribution in [-0.2, 0) is 16.6 Å². The van der Waals surface area contributed by atoms with Crippen molar-refractivity contribution in [1.82, 2.24) is 10.3 Å². The van der Waals surface area contributed by atoms with Crippen LogP contribution in [0.25, 0.3) is 0 Å². The number of nitrogens with two attached hydrogens (primary N) is 1. The summed E-state index contributed by atoms with van der Waals surface area (Å²) in [4.78, 5) is 16.2. The standard InChI is InChI=1S/C11H11N3O4S2/c12-20(17,18)9-4-3-7(19-9)6-14-11(16)10-8(15)2-1-5-13-10/h1-5,15H,6H2,(H,14,16)(H2,12,17,18). The first-order valence-corrected chi connectivity index (χ1v) is 7.78. The van der Waals surface area contributed by atoms with Crippen LogP contribution in [0.1, 0.15) is 15.4 Å². The van der Waals surface area contributed by atoms with Crippen LogP contribution < -0.4 is 10.5 Å². The molecule has 2 aromatic rings. The van der Waals surface area contributed by atoms with Gasteiger partial charge in [0.25, 0.3) is 5.91 Å². The first-order chi connectivity index (χ1) is 9.38. The quantitative estimate of drug-likeness (QED) is 0.755. The normalized spacial score (nSPS) is 11.2. The summed E-state index contributed by atoms with van der Waals surface area (Å²) < 4.78 is 22.2. The van der Waals surface area contributed by atoms with Gasteiger partial charge in [-0.05, 0) is 24.3 Å². The average Bonchev–Trinajstić information content (AvgIpc) is 2.85. The van der Waals surface area contributed by atoms with Crippen molar-refractivity contribution >= 4 is 27.3 Å². The number of sulfonamides is 1. The molecule has 0 saturated carbocycles. The highest BCUT2D eigenvalue weighted by Crippen LogP contribution is 2.20. The monoisotopic (exact) mass is 313 g/mol. The van der Waals surface area contributed by atoms with E-state index in [2.05, 4.69) is 10.3 Å². The van der Waals surface area contributed by atoms with Crippen molar-refractivity contribution in [3.63, 3.8) is 0 Å². The Morgan fingerprint density at radius 2 is 2.15 bits per heavy atom. The van der Waals surface area contributed by atoms with Crippen LogP contribution >= 0.6 is 11.3 Å². The number of rotatable bonds is 4. The largest absolute Gasteiger partial charge is 0.505 e. The molecule has 0 aliphatic carbocycles. The van der Waals surface area contributed by atoms with Crippen molar-refractivity contribution in [3.05, 3.63) is 41.0 Å². The zero-order valence-electron chi connectivity index (χ0n) is 10.1. The Balaban J connectivity index is 2.04. The first kappa shape index (κ1) is 14.4. The molecule has 0 radical (unpaired) electrons. The lowest BCUT2D eigenvalue weighted by Gasteiger charge is -2.04. The van der Waals surface area contributed by atoms with Gasteiger partial charge in [0, 0.05) is 11.1 Å². The number of pyridine rings is 1. The van der Waals surface area contributed by atoms with Crippen LogP contribution in [-0.4, -0.2) is 24.4 Å². The molecule has 0 atom stereocenters. The van der Waals surface area contributed by atoms with Crippen LogP contribution in [0.4, 0.5) is 0 Å². The van der Waals surface area contributed by atoms with E-state index in [-0.39, 0.29) is 22.2 Å². The van der Waals surface area contributed by atoms with E-state index in [1.165, 1.54) is 24.4 Å². The van der Waals surface area contributed by atoms with E-state index in [9.17, 15) is 18.3 Å². The highest BCUT2D eigenvalue weighted by molar-refractivity contribution is 7.91. The van der Waals surface area contributed by atoms with E-state index in [0.717, 1.165) is 11.3 Å². The number of aromatic nitrogens is 1. The number of aromatic hydroxyl groups is 1. The predicted octanol–water partition coefficient (Wildman–Crippen LogP) is 0.426. The van der Waals surface area contributed by atoms with Gasteiger partial charge in [-0.1, -0.05) is 0 Å². The van der Waals surface area contributed by atoms with Crippen LogP contribution in [0.15, 0.2) is 34.7 Å². The molecule has 4 N–H and O–H groups in total. The Labute approximate surface area is 119 Å². The molecule has 2 aromatic heterocycles. The van der Waals surface area contributed by atoms with Gasteiger partial charge in [0.15, 0.2) is 5.69 Å². The topological polar surface area (TPSA) is 122 Å². The van der Waals surface area contributed by atoms with E-state index < -0.39 is 15.9 Å². The van der Waals surface area contributed by atoms with Gasteiger partial charge in [-0.2, -0.15) is 0 Å². The number of hydrogen-bond acceptors (Lipinski definition) is 6. The predicted molar refractivity (Wildman–Crippen MR) is 72.8 cm³/mol. The maximum absolute atomic E-state index is 11.8. The Morgan fingerprint density at radius 1 is 1.40 bits per heavy atom. The molecule has 20 heavy (non-hydrogen) atoms. The molecule has 0 aromatic carbocycles.